The predicted molar refractivity (Wildman–Crippen MR) is 82.2 cm³/mol. The van der Waals surface area contributed by atoms with Crippen molar-refractivity contribution >= 4 is 29.3 Å². The molecule has 1 N–H and O–H groups in total. The molecule has 0 atom stereocenters. The van der Waals surface area contributed by atoms with Gasteiger partial charge in [-0.2, -0.15) is 21.4 Å². The highest BCUT2D eigenvalue weighted by Gasteiger charge is 2.08. The van der Waals surface area contributed by atoms with Gasteiger partial charge >= 0.3 is 0 Å². The van der Waals surface area contributed by atoms with E-state index < -0.39 is 0 Å². The SMILES string of the molecule is CCN=C(NC#N)N(CC)CCSCc1ccsn1. The van der Waals surface area contributed by atoms with Crippen molar-refractivity contribution in [1.82, 2.24) is 14.6 Å². The molecule has 0 aromatic carbocycles. The van der Waals surface area contributed by atoms with Crippen molar-refractivity contribution in [3.63, 3.8) is 0 Å². The Morgan fingerprint density at radius 2 is 2.47 bits per heavy atom. The zero-order valence-corrected chi connectivity index (χ0v) is 12.9. The van der Waals surface area contributed by atoms with Crippen LogP contribution in [0.5, 0.6) is 0 Å². The normalized spacial score (nSPS) is 11.1. The fourth-order valence-corrected chi connectivity index (χ4v) is 2.98. The Kier molecular flexibility index (Phi) is 8.02. The molecule has 0 aliphatic rings. The number of nitrogens with zero attached hydrogens (tertiary/aromatic N) is 4. The third-order valence-corrected chi connectivity index (χ3v) is 3.97. The third-order valence-electron chi connectivity index (χ3n) is 2.40. The highest BCUT2D eigenvalue weighted by atomic mass is 32.2. The highest BCUT2D eigenvalue weighted by molar-refractivity contribution is 7.98. The van der Waals surface area contributed by atoms with Gasteiger partial charge < -0.3 is 4.90 Å². The first-order valence-corrected chi connectivity index (χ1v) is 8.22. The van der Waals surface area contributed by atoms with Crippen molar-refractivity contribution in [1.29, 1.82) is 5.26 Å². The van der Waals surface area contributed by atoms with Gasteiger partial charge in [0.2, 0.25) is 5.96 Å². The van der Waals surface area contributed by atoms with Crippen LogP contribution in [0, 0.1) is 11.5 Å². The van der Waals surface area contributed by atoms with Crippen LogP contribution in [-0.4, -0.2) is 40.6 Å². The van der Waals surface area contributed by atoms with Crippen LogP contribution in [0.4, 0.5) is 0 Å². The second kappa shape index (κ2) is 9.64. The number of hydrogen-bond donors (Lipinski definition) is 1. The summed E-state index contributed by atoms with van der Waals surface area (Å²) in [5, 5.41) is 13.4. The van der Waals surface area contributed by atoms with E-state index in [4.69, 9.17) is 5.26 Å². The van der Waals surface area contributed by atoms with E-state index in [1.54, 1.807) is 0 Å². The summed E-state index contributed by atoms with van der Waals surface area (Å²) in [6.45, 7) is 6.41. The second-order valence-electron chi connectivity index (χ2n) is 3.66. The van der Waals surface area contributed by atoms with E-state index in [-0.39, 0.29) is 0 Å². The van der Waals surface area contributed by atoms with Gasteiger partial charge in [-0.3, -0.25) is 10.3 Å². The van der Waals surface area contributed by atoms with Crippen LogP contribution >= 0.6 is 23.3 Å². The first kappa shape index (κ1) is 15.8. The lowest BCUT2D eigenvalue weighted by atomic mass is 10.5. The molecule has 0 spiro atoms. The molecule has 1 rings (SSSR count). The van der Waals surface area contributed by atoms with Crippen LogP contribution in [0.2, 0.25) is 0 Å². The summed E-state index contributed by atoms with van der Waals surface area (Å²) < 4.78 is 4.28. The van der Waals surface area contributed by atoms with Gasteiger partial charge in [-0.15, -0.1) is 0 Å². The Morgan fingerprint density at radius 3 is 3.05 bits per heavy atom. The summed E-state index contributed by atoms with van der Waals surface area (Å²) in [6.07, 6.45) is 1.94. The molecular weight excluding hydrogens is 278 g/mol. The van der Waals surface area contributed by atoms with E-state index in [0.717, 1.165) is 30.3 Å². The first-order valence-electron chi connectivity index (χ1n) is 6.23. The molecule has 0 fully saturated rings. The number of rotatable bonds is 7. The molecule has 0 aliphatic carbocycles. The van der Waals surface area contributed by atoms with Gasteiger partial charge in [-0.1, -0.05) is 0 Å². The Hall–Kier alpha value is -1.26. The summed E-state index contributed by atoms with van der Waals surface area (Å²) >= 11 is 3.33. The monoisotopic (exact) mass is 297 g/mol. The van der Waals surface area contributed by atoms with Crippen LogP contribution in [0.1, 0.15) is 19.5 Å². The number of nitriles is 1. The van der Waals surface area contributed by atoms with Crippen molar-refractivity contribution < 1.29 is 0 Å². The second-order valence-corrected chi connectivity index (χ2v) is 5.43. The number of thioether (sulfide) groups is 1. The molecule has 0 aliphatic heterocycles. The lowest BCUT2D eigenvalue weighted by Gasteiger charge is -2.22. The first-order chi connectivity index (χ1) is 9.31. The highest BCUT2D eigenvalue weighted by Crippen LogP contribution is 2.11. The summed E-state index contributed by atoms with van der Waals surface area (Å²) in [4.78, 5) is 6.39. The quantitative estimate of drug-likeness (QED) is 0.275. The maximum absolute atomic E-state index is 8.72. The van der Waals surface area contributed by atoms with E-state index in [2.05, 4.69) is 32.6 Å². The molecule has 5 nitrogen and oxygen atoms in total. The van der Waals surface area contributed by atoms with Crippen LogP contribution < -0.4 is 5.32 Å². The Bertz CT molecular complexity index is 410. The maximum atomic E-state index is 8.72. The molecule has 0 bridgehead atoms. The molecule has 0 unspecified atom stereocenters. The predicted octanol–water partition coefficient (Wildman–Crippen LogP) is 2.14. The van der Waals surface area contributed by atoms with Crippen LogP contribution in [0.15, 0.2) is 16.4 Å². The third kappa shape index (κ3) is 5.94. The fraction of sp³-hybridized carbons (Fsp3) is 0.583. The van der Waals surface area contributed by atoms with Gasteiger partial charge in [0.15, 0.2) is 6.19 Å². The van der Waals surface area contributed by atoms with Crippen molar-refractivity contribution in [2.45, 2.75) is 19.6 Å². The van der Waals surface area contributed by atoms with Gasteiger partial charge in [0, 0.05) is 36.5 Å². The molecule has 0 saturated carbocycles. The standard InChI is InChI=1S/C12H19N5S2/c1-3-14-12(15-10-13)17(4-2)6-8-18-9-11-5-7-19-16-11/h5,7H,3-4,6,8-9H2,1-2H3,(H,14,15). The van der Waals surface area contributed by atoms with E-state index >= 15 is 0 Å². The lowest BCUT2D eigenvalue weighted by Crippen LogP contribution is -2.40. The molecule has 1 aromatic rings. The summed E-state index contributed by atoms with van der Waals surface area (Å²) in [6, 6.07) is 2.05. The topological polar surface area (TPSA) is 64.3 Å². The number of hydrogen-bond acceptors (Lipinski definition) is 5. The van der Waals surface area contributed by atoms with Gasteiger partial charge in [0.25, 0.3) is 0 Å². The zero-order chi connectivity index (χ0) is 13.9. The van der Waals surface area contributed by atoms with Crippen molar-refractivity contribution in [2.24, 2.45) is 4.99 Å². The van der Waals surface area contributed by atoms with E-state index in [1.165, 1.54) is 11.5 Å². The zero-order valence-electron chi connectivity index (χ0n) is 11.3. The van der Waals surface area contributed by atoms with Gasteiger partial charge in [0.05, 0.1) is 5.69 Å². The summed E-state index contributed by atoms with van der Waals surface area (Å²) in [7, 11) is 0. The van der Waals surface area contributed by atoms with Gasteiger partial charge in [-0.05, 0) is 31.4 Å². The lowest BCUT2D eigenvalue weighted by molar-refractivity contribution is 0.455. The van der Waals surface area contributed by atoms with Crippen molar-refractivity contribution in [3.05, 3.63) is 17.1 Å². The smallest absolute Gasteiger partial charge is 0.207 e. The number of nitrogens with one attached hydrogen (secondary N) is 1. The minimum absolute atomic E-state index is 0.668. The Labute approximate surface area is 122 Å². The molecular formula is C12H19N5S2. The van der Waals surface area contributed by atoms with E-state index in [9.17, 15) is 0 Å². The maximum Gasteiger partial charge on any atom is 0.207 e. The molecule has 1 heterocycles. The molecule has 7 heteroatoms. The number of aliphatic imine (C=N–C) groups is 1. The molecule has 0 radical (unpaired) electrons. The van der Waals surface area contributed by atoms with E-state index in [1.807, 2.05) is 30.3 Å². The molecule has 0 amide bonds. The molecule has 104 valence electrons. The minimum atomic E-state index is 0.668. The Morgan fingerprint density at radius 1 is 1.63 bits per heavy atom. The van der Waals surface area contributed by atoms with Gasteiger partial charge in [0.1, 0.15) is 0 Å². The van der Waals surface area contributed by atoms with Crippen LogP contribution in [-0.2, 0) is 5.75 Å². The number of aromatic nitrogens is 1. The average molecular weight is 297 g/mol. The summed E-state index contributed by atoms with van der Waals surface area (Å²) in [5.74, 6) is 2.59. The van der Waals surface area contributed by atoms with E-state index in [0.29, 0.717) is 12.5 Å². The van der Waals surface area contributed by atoms with Crippen molar-refractivity contribution in [2.75, 3.05) is 25.4 Å². The molecule has 19 heavy (non-hydrogen) atoms. The number of guanidine groups is 1. The van der Waals surface area contributed by atoms with Gasteiger partial charge in [-0.25, -0.2) is 0 Å². The molecule has 0 saturated heterocycles. The van der Waals surface area contributed by atoms with Crippen molar-refractivity contribution in [3.8, 4) is 6.19 Å². The Balaban J connectivity index is 2.35. The largest absolute Gasteiger partial charge is 0.342 e. The molecule has 1 aromatic heterocycles. The minimum Gasteiger partial charge on any atom is -0.342 e. The fourth-order valence-electron chi connectivity index (χ4n) is 1.50. The summed E-state index contributed by atoms with van der Waals surface area (Å²) in [5.41, 5.74) is 1.13. The van der Waals surface area contributed by atoms with Crippen LogP contribution in [0.3, 0.4) is 0 Å². The average Bonchev–Trinajstić information content (AvgIpc) is 2.92. The van der Waals surface area contributed by atoms with Crippen LogP contribution in [0.25, 0.3) is 0 Å².